The van der Waals surface area contributed by atoms with Crippen LogP contribution in [0.15, 0.2) is 45.8 Å². The number of nitrogens with zero attached hydrogens (tertiary/aromatic N) is 3. The van der Waals surface area contributed by atoms with Crippen LogP contribution in [0, 0.1) is 0 Å². The number of sulfone groups is 1. The quantitative estimate of drug-likeness (QED) is 0.747. The Hall–Kier alpha value is -2.26. The number of hydrogen-bond donors (Lipinski definition) is 1. The van der Waals surface area contributed by atoms with Crippen molar-refractivity contribution in [1.29, 1.82) is 0 Å². The zero-order chi connectivity index (χ0) is 18.9. The first-order chi connectivity index (χ1) is 13.0. The lowest BCUT2D eigenvalue weighted by Gasteiger charge is -2.14. The number of hydrogen-bond acceptors (Lipinski definition) is 7. The highest BCUT2D eigenvalue weighted by Gasteiger charge is 2.36. The van der Waals surface area contributed by atoms with E-state index in [0.717, 1.165) is 38.8 Å². The second kappa shape index (κ2) is 7.40. The third-order valence-electron chi connectivity index (χ3n) is 4.61. The molecule has 0 bridgehead atoms. The van der Waals surface area contributed by atoms with Crippen molar-refractivity contribution in [2.24, 2.45) is 5.10 Å². The van der Waals surface area contributed by atoms with E-state index in [1.54, 1.807) is 35.8 Å². The molecule has 1 saturated carbocycles. The summed E-state index contributed by atoms with van der Waals surface area (Å²) in [4.78, 5) is 17.2. The van der Waals surface area contributed by atoms with E-state index in [1.807, 2.05) is 5.01 Å². The molecule has 0 radical (unpaired) electrons. The predicted molar refractivity (Wildman–Crippen MR) is 105 cm³/mol. The van der Waals surface area contributed by atoms with Crippen molar-refractivity contribution in [3.05, 3.63) is 41.4 Å². The van der Waals surface area contributed by atoms with Gasteiger partial charge in [0.1, 0.15) is 0 Å². The van der Waals surface area contributed by atoms with Gasteiger partial charge in [-0.25, -0.2) is 13.4 Å². The second-order valence-corrected chi connectivity index (χ2v) is 9.79. The number of hydrazone groups is 1. The predicted octanol–water partition coefficient (Wildman–Crippen LogP) is 2.52. The Morgan fingerprint density at radius 2 is 1.89 bits per heavy atom. The number of amides is 1. The zero-order valence-electron chi connectivity index (χ0n) is 14.7. The lowest BCUT2D eigenvalue weighted by molar-refractivity contribution is -0.110. The molecule has 1 aliphatic heterocycles. The first kappa shape index (κ1) is 18.1. The highest BCUT2D eigenvalue weighted by atomic mass is 32.2. The maximum absolute atomic E-state index is 12.8. The number of carbonyl (C=O) groups is 1. The van der Waals surface area contributed by atoms with E-state index in [-0.39, 0.29) is 16.9 Å². The van der Waals surface area contributed by atoms with Crippen molar-refractivity contribution in [3.63, 3.8) is 0 Å². The third-order valence-corrected chi connectivity index (χ3v) is 7.58. The Bertz CT molecular complexity index is 943. The molecule has 142 valence electrons. The van der Waals surface area contributed by atoms with Gasteiger partial charge >= 0.3 is 0 Å². The topological polar surface area (TPSA) is 91.7 Å². The smallest absolute Gasteiger partial charge is 0.278 e. The average molecular weight is 405 g/mol. The summed E-state index contributed by atoms with van der Waals surface area (Å²) >= 11 is 1.33. The van der Waals surface area contributed by atoms with Gasteiger partial charge in [-0.15, -0.1) is 11.3 Å². The van der Waals surface area contributed by atoms with Crippen LogP contribution < -0.4 is 5.32 Å². The summed E-state index contributed by atoms with van der Waals surface area (Å²) in [6, 6.07) is 6.45. The maximum atomic E-state index is 12.8. The highest BCUT2D eigenvalue weighted by Crippen LogP contribution is 2.33. The minimum atomic E-state index is -3.25. The number of anilines is 1. The van der Waals surface area contributed by atoms with Crippen molar-refractivity contribution >= 4 is 37.9 Å². The normalized spacial score (nSPS) is 17.9. The maximum Gasteiger partial charge on any atom is 0.278 e. The van der Waals surface area contributed by atoms with Gasteiger partial charge < -0.3 is 0 Å². The third kappa shape index (κ3) is 4.03. The Labute approximate surface area is 162 Å². The fourth-order valence-corrected chi connectivity index (χ4v) is 5.17. The number of aromatic nitrogens is 1. The monoisotopic (exact) mass is 404 g/mol. The molecule has 2 heterocycles. The van der Waals surface area contributed by atoms with Crippen molar-refractivity contribution < 1.29 is 13.2 Å². The summed E-state index contributed by atoms with van der Waals surface area (Å²) in [7, 11) is -3.25. The lowest BCUT2D eigenvalue weighted by atomic mass is 10.1. The molecule has 2 fully saturated rings. The van der Waals surface area contributed by atoms with Gasteiger partial charge in [-0.1, -0.05) is 12.1 Å². The average Bonchev–Trinajstić information content (AvgIpc) is 3.18. The van der Waals surface area contributed by atoms with E-state index < -0.39 is 9.84 Å². The molecule has 2 aliphatic rings. The summed E-state index contributed by atoms with van der Waals surface area (Å²) < 4.78 is 24.8. The van der Waals surface area contributed by atoms with Gasteiger partial charge in [0.05, 0.1) is 10.1 Å². The summed E-state index contributed by atoms with van der Waals surface area (Å²) in [5, 5.41) is 11.2. The summed E-state index contributed by atoms with van der Waals surface area (Å²) in [6.45, 7) is 1.62. The van der Waals surface area contributed by atoms with E-state index in [0.29, 0.717) is 15.6 Å². The van der Waals surface area contributed by atoms with E-state index in [2.05, 4.69) is 15.4 Å². The first-order valence-corrected chi connectivity index (χ1v) is 11.4. The molecule has 0 unspecified atom stereocenters. The van der Waals surface area contributed by atoms with Crippen LogP contribution in [-0.2, 0) is 14.6 Å². The van der Waals surface area contributed by atoms with Crippen LogP contribution in [0.5, 0.6) is 0 Å². The van der Waals surface area contributed by atoms with Gasteiger partial charge in [0.15, 0.2) is 20.7 Å². The molecule has 1 aliphatic carbocycles. The largest absolute Gasteiger partial charge is 0.296 e. The second-order valence-electron chi connectivity index (χ2n) is 6.67. The molecule has 7 nitrogen and oxygen atoms in total. The summed E-state index contributed by atoms with van der Waals surface area (Å²) in [5.74, 6) is -0.352. The highest BCUT2D eigenvalue weighted by molar-refractivity contribution is 7.92. The SMILES string of the molecule is O=C(Nc1nccs1)/C(=N/N1CCCC1)c1ccc(S(=O)(=O)C2CC2)cc1. The molecule has 0 atom stereocenters. The van der Waals surface area contributed by atoms with Crippen LogP contribution in [-0.4, -0.2) is 48.4 Å². The number of thiazole rings is 1. The van der Waals surface area contributed by atoms with Gasteiger partial charge in [-0.2, -0.15) is 5.10 Å². The van der Waals surface area contributed by atoms with E-state index in [1.165, 1.54) is 11.3 Å². The van der Waals surface area contributed by atoms with Crippen LogP contribution >= 0.6 is 11.3 Å². The van der Waals surface area contributed by atoms with E-state index in [9.17, 15) is 13.2 Å². The molecule has 1 amide bonds. The van der Waals surface area contributed by atoms with Crippen LogP contribution in [0.25, 0.3) is 0 Å². The Morgan fingerprint density at radius 1 is 1.19 bits per heavy atom. The van der Waals surface area contributed by atoms with Gasteiger partial charge in [0.2, 0.25) is 0 Å². The van der Waals surface area contributed by atoms with Crippen LogP contribution in [0.1, 0.15) is 31.2 Å². The summed E-state index contributed by atoms with van der Waals surface area (Å²) in [5.41, 5.74) is 0.855. The van der Waals surface area contributed by atoms with Gasteiger partial charge in [-0.05, 0) is 37.8 Å². The van der Waals surface area contributed by atoms with E-state index in [4.69, 9.17) is 0 Å². The molecule has 9 heteroatoms. The van der Waals surface area contributed by atoms with Crippen molar-refractivity contribution in [2.45, 2.75) is 35.8 Å². The van der Waals surface area contributed by atoms with Crippen molar-refractivity contribution in [2.75, 3.05) is 18.4 Å². The molecule has 1 aromatic carbocycles. The molecule has 27 heavy (non-hydrogen) atoms. The Morgan fingerprint density at radius 3 is 2.48 bits per heavy atom. The minimum Gasteiger partial charge on any atom is -0.296 e. The fraction of sp³-hybridized carbons (Fsp3) is 0.389. The van der Waals surface area contributed by atoms with E-state index >= 15 is 0 Å². The molecular weight excluding hydrogens is 384 g/mol. The summed E-state index contributed by atoms with van der Waals surface area (Å²) in [6.07, 6.45) is 5.16. The molecular formula is C18H20N4O3S2. The molecule has 1 saturated heterocycles. The molecule has 4 rings (SSSR count). The van der Waals surface area contributed by atoms with Gasteiger partial charge in [0.25, 0.3) is 5.91 Å². The van der Waals surface area contributed by atoms with Crippen LogP contribution in [0.2, 0.25) is 0 Å². The fourth-order valence-electron chi connectivity index (χ4n) is 2.99. The zero-order valence-corrected chi connectivity index (χ0v) is 16.3. The first-order valence-electron chi connectivity index (χ1n) is 8.93. The number of carbonyl (C=O) groups excluding carboxylic acids is 1. The standard InChI is InChI=1S/C18H20N4O3S2/c23-17(20-18-19-9-12-26-18)16(21-22-10-1-2-11-22)13-3-5-14(6-4-13)27(24,25)15-7-8-15/h3-6,9,12,15H,1-2,7-8,10-11H2,(H,19,20,23)/b21-16+. The molecule has 0 spiro atoms. The van der Waals surface area contributed by atoms with Crippen molar-refractivity contribution in [3.8, 4) is 0 Å². The number of nitrogens with one attached hydrogen (secondary N) is 1. The van der Waals surface area contributed by atoms with Crippen LogP contribution in [0.4, 0.5) is 5.13 Å². The molecule has 1 N–H and O–H groups in total. The lowest BCUT2D eigenvalue weighted by Crippen LogP contribution is -2.27. The number of rotatable bonds is 6. The van der Waals surface area contributed by atoms with Crippen LogP contribution in [0.3, 0.4) is 0 Å². The Balaban J connectivity index is 1.62. The molecule has 2 aromatic rings. The van der Waals surface area contributed by atoms with Gasteiger partial charge in [-0.3, -0.25) is 15.1 Å². The van der Waals surface area contributed by atoms with Gasteiger partial charge in [0, 0.05) is 30.2 Å². The number of benzene rings is 1. The minimum absolute atomic E-state index is 0.255. The van der Waals surface area contributed by atoms with Crippen molar-refractivity contribution in [1.82, 2.24) is 9.99 Å². The molecule has 1 aromatic heterocycles. The Kier molecular flexibility index (Phi) is 4.96.